The molecule has 4 rings (SSSR count). The Bertz CT molecular complexity index is 545. The van der Waals surface area contributed by atoms with Gasteiger partial charge in [0, 0.05) is 12.6 Å². The number of fused-ring (bicyclic) bond motifs is 1. The number of nitrogens with zero attached hydrogens (tertiary/aromatic N) is 1. The first-order valence-corrected chi connectivity index (χ1v) is 10.7. The molecule has 1 heterocycles. The van der Waals surface area contributed by atoms with E-state index >= 15 is 0 Å². The van der Waals surface area contributed by atoms with E-state index in [1.165, 1.54) is 58.5 Å². The molecule has 3 saturated carbocycles. The minimum Gasteiger partial charge on any atom is -0.469 e. The number of hydrogen-bond acceptors (Lipinski definition) is 4. The van der Waals surface area contributed by atoms with Gasteiger partial charge in [0.2, 0.25) is 5.91 Å². The van der Waals surface area contributed by atoms with E-state index in [1.54, 1.807) is 0 Å². The highest BCUT2D eigenvalue weighted by Gasteiger charge is 2.48. The van der Waals surface area contributed by atoms with Crippen molar-refractivity contribution in [3.63, 3.8) is 0 Å². The molecular weight excluding hydrogens is 328 g/mol. The summed E-state index contributed by atoms with van der Waals surface area (Å²) in [5.41, 5.74) is 0.509. The first kappa shape index (κ1) is 18.3. The number of methoxy groups -OCH3 is 1. The fourth-order valence-electron chi connectivity index (χ4n) is 6.34. The molecule has 4 unspecified atom stereocenters. The van der Waals surface area contributed by atoms with Crippen LogP contribution in [0.4, 0.5) is 0 Å². The van der Waals surface area contributed by atoms with Crippen molar-refractivity contribution in [2.45, 2.75) is 70.3 Å². The van der Waals surface area contributed by atoms with Gasteiger partial charge in [-0.05, 0) is 62.3 Å². The Morgan fingerprint density at radius 2 is 1.88 bits per heavy atom. The zero-order chi connectivity index (χ0) is 18.1. The molecule has 26 heavy (non-hydrogen) atoms. The number of esters is 1. The van der Waals surface area contributed by atoms with Crippen molar-refractivity contribution in [3.8, 4) is 0 Å². The average Bonchev–Trinajstić information content (AvgIpc) is 2.98. The molecule has 4 aliphatic rings. The third-order valence-electron chi connectivity index (χ3n) is 7.77. The maximum atomic E-state index is 12.8. The van der Waals surface area contributed by atoms with Gasteiger partial charge in [-0.3, -0.25) is 14.5 Å². The van der Waals surface area contributed by atoms with E-state index < -0.39 is 0 Å². The maximum Gasteiger partial charge on any atom is 0.310 e. The molecular formula is C21H34N2O3. The lowest BCUT2D eigenvalue weighted by Crippen LogP contribution is -2.52. The molecule has 0 bridgehead atoms. The number of carbonyl (C=O) groups is 2. The van der Waals surface area contributed by atoms with E-state index in [9.17, 15) is 9.59 Å². The van der Waals surface area contributed by atoms with Crippen LogP contribution in [0.3, 0.4) is 0 Å². The van der Waals surface area contributed by atoms with E-state index in [0.29, 0.717) is 23.8 Å². The molecule has 5 nitrogen and oxygen atoms in total. The van der Waals surface area contributed by atoms with Crippen molar-refractivity contribution < 1.29 is 14.3 Å². The summed E-state index contributed by atoms with van der Waals surface area (Å²) in [6.45, 7) is 2.60. The largest absolute Gasteiger partial charge is 0.469 e. The van der Waals surface area contributed by atoms with Crippen molar-refractivity contribution in [2.24, 2.45) is 23.2 Å². The Labute approximate surface area is 157 Å². The lowest BCUT2D eigenvalue weighted by Gasteiger charge is -2.48. The Hall–Kier alpha value is -1.10. The molecule has 0 aromatic rings. The second kappa shape index (κ2) is 7.49. The van der Waals surface area contributed by atoms with Crippen molar-refractivity contribution in [3.05, 3.63) is 0 Å². The van der Waals surface area contributed by atoms with Crippen LogP contribution in [0.5, 0.6) is 0 Å². The van der Waals surface area contributed by atoms with Gasteiger partial charge in [0.05, 0.1) is 19.6 Å². The first-order chi connectivity index (χ1) is 12.6. The smallest absolute Gasteiger partial charge is 0.310 e. The lowest BCUT2D eigenvalue weighted by molar-refractivity contribution is -0.146. The molecule has 1 spiro atoms. The second-order valence-corrected chi connectivity index (χ2v) is 9.33. The van der Waals surface area contributed by atoms with Crippen molar-refractivity contribution >= 4 is 11.9 Å². The minimum absolute atomic E-state index is 0.0253. The molecule has 146 valence electrons. The summed E-state index contributed by atoms with van der Waals surface area (Å²) in [6.07, 6.45) is 12.3. The van der Waals surface area contributed by atoms with Crippen LogP contribution in [0, 0.1) is 23.2 Å². The van der Waals surface area contributed by atoms with E-state index in [4.69, 9.17) is 4.74 Å². The van der Waals surface area contributed by atoms with Gasteiger partial charge < -0.3 is 10.1 Å². The van der Waals surface area contributed by atoms with Crippen LogP contribution in [0.25, 0.3) is 0 Å². The minimum atomic E-state index is -0.156. The van der Waals surface area contributed by atoms with E-state index in [2.05, 4.69) is 10.2 Å². The molecule has 1 amide bonds. The van der Waals surface area contributed by atoms with E-state index in [1.807, 2.05) is 0 Å². The topological polar surface area (TPSA) is 58.6 Å². The quantitative estimate of drug-likeness (QED) is 0.781. The van der Waals surface area contributed by atoms with Crippen molar-refractivity contribution in [2.75, 3.05) is 26.7 Å². The number of nitrogens with one attached hydrogen (secondary N) is 1. The van der Waals surface area contributed by atoms with Gasteiger partial charge in [0.1, 0.15) is 0 Å². The fraction of sp³-hybridized carbons (Fsp3) is 0.905. The van der Waals surface area contributed by atoms with Crippen LogP contribution in [0.2, 0.25) is 0 Å². The van der Waals surface area contributed by atoms with Crippen LogP contribution >= 0.6 is 0 Å². The molecule has 1 aliphatic heterocycles. The summed E-state index contributed by atoms with van der Waals surface area (Å²) in [4.78, 5) is 27.4. The third kappa shape index (κ3) is 3.51. The van der Waals surface area contributed by atoms with Gasteiger partial charge in [-0.15, -0.1) is 0 Å². The molecule has 4 atom stereocenters. The first-order valence-electron chi connectivity index (χ1n) is 10.7. The highest BCUT2D eigenvalue weighted by Crippen LogP contribution is 2.48. The normalized spacial score (nSPS) is 36.2. The Kier molecular flexibility index (Phi) is 5.27. The molecule has 0 radical (unpaired) electrons. The van der Waals surface area contributed by atoms with Gasteiger partial charge in [-0.2, -0.15) is 0 Å². The lowest BCUT2D eigenvalue weighted by atomic mass is 9.64. The van der Waals surface area contributed by atoms with Crippen LogP contribution < -0.4 is 5.32 Å². The van der Waals surface area contributed by atoms with Crippen LogP contribution in [-0.4, -0.2) is 49.6 Å². The molecule has 0 aromatic carbocycles. The number of ether oxygens (including phenoxy) is 1. The summed E-state index contributed by atoms with van der Waals surface area (Å²) in [6, 6.07) is -0.0253. The molecule has 4 fully saturated rings. The van der Waals surface area contributed by atoms with Crippen LogP contribution in [-0.2, 0) is 14.3 Å². The number of carbonyl (C=O) groups excluding carboxylic acids is 2. The van der Waals surface area contributed by atoms with Gasteiger partial charge in [0.25, 0.3) is 0 Å². The van der Waals surface area contributed by atoms with Gasteiger partial charge in [0.15, 0.2) is 0 Å². The van der Waals surface area contributed by atoms with E-state index in [-0.39, 0.29) is 23.8 Å². The zero-order valence-corrected chi connectivity index (χ0v) is 16.2. The molecule has 5 heteroatoms. The number of hydrogen-bond donors (Lipinski definition) is 1. The number of rotatable bonds is 4. The molecule has 1 N–H and O–H groups in total. The Morgan fingerprint density at radius 1 is 1.12 bits per heavy atom. The predicted molar refractivity (Wildman–Crippen MR) is 99.5 cm³/mol. The van der Waals surface area contributed by atoms with Gasteiger partial charge in [-0.1, -0.05) is 25.7 Å². The molecule has 1 saturated heterocycles. The number of likely N-dealkylation sites (tertiary alicyclic amines) is 1. The Morgan fingerprint density at radius 3 is 2.62 bits per heavy atom. The van der Waals surface area contributed by atoms with E-state index in [0.717, 1.165) is 25.9 Å². The molecule has 3 aliphatic carbocycles. The predicted octanol–water partition coefficient (Wildman–Crippen LogP) is 2.74. The fourth-order valence-corrected chi connectivity index (χ4v) is 6.34. The molecule has 0 aromatic heterocycles. The number of piperidine rings is 1. The van der Waals surface area contributed by atoms with Crippen molar-refractivity contribution in [1.29, 1.82) is 0 Å². The second-order valence-electron chi connectivity index (χ2n) is 9.33. The average molecular weight is 363 g/mol. The summed E-state index contributed by atoms with van der Waals surface area (Å²) < 4.78 is 5.05. The zero-order valence-electron chi connectivity index (χ0n) is 16.2. The summed E-state index contributed by atoms with van der Waals surface area (Å²) in [5, 5.41) is 3.27. The Balaban J connectivity index is 1.37. The standard InChI is InChI=1S/C21H34N2O3/c1-26-20(25)17-12-15-6-2-3-7-16(15)19(17)22-18(24)13-23-11-5-10-21(14-23)8-4-9-21/h15-17,19H,2-14H2,1H3,(H,22,24). The highest BCUT2D eigenvalue weighted by molar-refractivity contribution is 5.80. The summed E-state index contributed by atoms with van der Waals surface area (Å²) >= 11 is 0. The highest BCUT2D eigenvalue weighted by atomic mass is 16.5. The van der Waals surface area contributed by atoms with Gasteiger partial charge >= 0.3 is 5.97 Å². The summed E-state index contributed by atoms with van der Waals surface area (Å²) in [5.74, 6) is 0.835. The van der Waals surface area contributed by atoms with Crippen molar-refractivity contribution in [1.82, 2.24) is 10.2 Å². The summed E-state index contributed by atoms with van der Waals surface area (Å²) in [7, 11) is 1.47. The number of amides is 1. The van der Waals surface area contributed by atoms with Crippen LogP contribution in [0.15, 0.2) is 0 Å². The van der Waals surface area contributed by atoms with Crippen LogP contribution in [0.1, 0.15) is 64.2 Å². The SMILES string of the molecule is COC(=O)C1CC2CCCCC2C1NC(=O)CN1CCCC2(CCC2)C1. The third-order valence-corrected chi connectivity index (χ3v) is 7.77. The van der Waals surface area contributed by atoms with Gasteiger partial charge in [-0.25, -0.2) is 0 Å². The maximum absolute atomic E-state index is 12.8. The monoisotopic (exact) mass is 362 g/mol.